The van der Waals surface area contributed by atoms with Crippen LogP contribution >= 0.6 is 0 Å². The molecule has 0 saturated heterocycles. The van der Waals surface area contributed by atoms with E-state index in [1.165, 1.54) is 128 Å². The van der Waals surface area contributed by atoms with Gasteiger partial charge in [-0.2, -0.15) is 0 Å². The predicted octanol–water partition coefficient (Wildman–Crippen LogP) is 8.59. The Hall–Kier alpha value is -0.830. The van der Waals surface area contributed by atoms with Crippen molar-refractivity contribution in [3.05, 3.63) is 12.2 Å². The minimum absolute atomic E-state index is 0.610. The van der Waals surface area contributed by atoms with E-state index in [4.69, 9.17) is 5.11 Å². The summed E-state index contributed by atoms with van der Waals surface area (Å²) in [5, 5.41) is 18.1. The van der Waals surface area contributed by atoms with E-state index in [1.807, 2.05) is 0 Å². The zero-order valence-electron chi connectivity index (χ0n) is 20.1. The molecule has 0 aromatic rings. The molecule has 1 unspecified atom stereocenters. The number of rotatable bonds is 24. The third kappa shape index (κ3) is 25.2. The van der Waals surface area contributed by atoms with Gasteiger partial charge in [-0.25, -0.2) is 4.79 Å². The van der Waals surface area contributed by atoms with E-state index >= 15 is 0 Å². The lowest BCUT2D eigenvalue weighted by Gasteiger charge is -2.05. The van der Waals surface area contributed by atoms with Crippen molar-refractivity contribution in [2.24, 2.45) is 0 Å². The summed E-state index contributed by atoms with van der Waals surface area (Å²) in [6.07, 6.45) is 31.2. The Bertz CT molecular complexity index is 378. The number of carboxylic acids is 1. The zero-order chi connectivity index (χ0) is 22.1. The van der Waals surface area contributed by atoms with E-state index in [-0.39, 0.29) is 0 Å². The highest BCUT2D eigenvalue weighted by Gasteiger charge is 2.00. The van der Waals surface area contributed by atoms with E-state index in [0.717, 1.165) is 18.9 Å². The summed E-state index contributed by atoms with van der Waals surface area (Å²) in [4.78, 5) is 10.4. The van der Waals surface area contributed by atoms with Gasteiger partial charge in [0.1, 0.15) is 0 Å². The van der Waals surface area contributed by atoms with Crippen molar-refractivity contribution < 1.29 is 15.0 Å². The third-order valence-electron chi connectivity index (χ3n) is 6.06. The van der Waals surface area contributed by atoms with Crippen LogP contribution in [0.2, 0.25) is 0 Å². The van der Waals surface area contributed by atoms with Crippen LogP contribution < -0.4 is 0 Å². The second kappa shape index (κ2) is 24.4. The Kier molecular flexibility index (Phi) is 23.8. The van der Waals surface area contributed by atoms with Crippen molar-refractivity contribution in [3.63, 3.8) is 0 Å². The first-order chi connectivity index (χ1) is 14.7. The molecule has 0 fully saturated rings. The van der Waals surface area contributed by atoms with Crippen LogP contribution in [0.15, 0.2) is 12.2 Å². The van der Waals surface area contributed by atoms with Gasteiger partial charge in [0.25, 0.3) is 0 Å². The summed E-state index contributed by atoms with van der Waals surface area (Å²) in [5.74, 6) is -0.993. The van der Waals surface area contributed by atoms with E-state index in [0.29, 0.717) is 6.42 Å². The number of aliphatic hydroxyl groups excluding tert-OH is 1. The maximum atomic E-state index is 10.4. The first-order valence-corrected chi connectivity index (χ1v) is 13.3. The molecule has 0 saturated carbocycles. The average molecular weight is 425 g/mol. The van der Waals surface area contributed by atoms with Gasteiger partial charge in [0.2, 0.25) is 0 Å². The van der Waals surface area contributed by atoms with Gasteiger partial charge in [-0.3, -0.25) is 0 Å². The Morgan fingerprint density at radius 1 is 0.600 bits per heavy atom. The highest BCUT2D eigenvalue weighted by Crippen LogP contribution is 2.15. The van der Waals surface area contributed by atoms with Crippen LogP contribution in [-0.2, 0) is 4.79 Å². The molecule has 30 heavy (non-hydrogen) atoms. The lowest BCUT2D eigenvalue weighted by atomic mass is 10.0. The quantitative estimate of drug-likeness (QED) is 0.120. The molecule has 178 valence electrons. The molecule has 0 rings (SSSR count). The molecule has 0 aliphatic rings. The molecule has 2 N–H and O–H groups in total. The van der Waals surface area contributed by atoms with Gasteiger partial charge in [0.15, 0.2) is 0 Å². The summed E-state index contributed by atoms with van der Waals surface area (Å²) in [6, 6.07) is 0. The normalized spacial score (nSPS) is 12.6. The molecule has 0 bridgehead atoms. The van der Waals surface area contributed by atoms with Crippen molar-refractivity contribution >= 4 is 5.97 Å². The van der Waals surface area contributed by atoms with Gasteiger partial charge in [0.05, 0.1) is 6.10 Å². The van der Waals surface area contributed by atoms with E-state index in [1.54, 1.807) is 0 Å². The van der Waals surface area contributed by atoms with Crippen LogP contribution in [0.25, 0.3) is 0 Å². The number of aliphatic carboxylic acids is 1. The first-order valence-electron chi connectivity index (χ1n) is 13.3. The van der Waals surface area contributed by atoms with Crippen molar-refractivity contribution in [3.8, 4) is 0 Å². The highest BCUT2D eigenvalue weighted by molar-refractivity contribution is 5.79. The molecule has 1 atom stereocenters. The van der Waals surface area contributed by atoms with E-state index in [2.05, 4.69) is 6.92 Å². The zero-order valence-corrected chi connectivity index (χ0v) is 20.1. The lowest BCUT2D eigenvalue weighted by Crippen LogP contribution is -2.03. The monoisotopic (exact) mass is 424 g/mol. The Morgan fingerprint density at radius 3 is 1.20 bits per heavy atom. The standard InChI is InChI=1S/C27H52O3/c1-2-3-4-5-6-7-8-9-10-11-12-13-14-15-16-17-18-19-20-21-22-23-26(28)24-25-27(29)30/h24-26,28H,2-23H2,1H3,(H,29,30). The average Bonchev–Trinajstić information content (AvgIpc) is 2.73. The number of carbonyl (C=O) groups is 1. The topological polar surface area (TPSA) is 57.5 Å². The van der Waals surface area contributed by atoms with Crippen molar-refractivity contribution in [1.82, 2.24) is 0 Å². The Labute approximate surface area is 187 Å². The Morgan fingerprint density at radius 2 is 0.900 bits per heavy atom. The molecule has 0 aliphatic carbocycles. The van der Waals surface area contributed by atoms with Gasteiger partial charge in [-0.1, -0.05) is 142 Å². The van der Waals surface area contributed by atoms with Crippen molar-refractivity contribution in [1.29, 1.82) is 0 Å². The number of unbranched alkanes of at least 4 members (excludes halogenated alkanes) is 20. The highest BCUT2D eigenvalue weighted by atomic mass is 16.4. The molecule has 0 aromatic carbocycles. The number of aliphatic hydroxyl groups is 1. The van der Waals surface area contributed by atoms with E-state index < -0.39 is 12.1 Å². The van der Waals surface area contributed by atoms with Crippen molar-refractivity contribution in [2.75, 3.05) is 0 Å². The van der Waals surface area contributed by atoms with Crippen LogP contribution in [-0.4, -0.2) is 22.3 Å². The summed E-state index contributed by atoms with van der Waals surface area (Å²) in [5.41, 5.74) is 0. The minimum atomic E-state index is -0.993. The van der Waals surface area contributed by atoms with Gasteiger partial charge in [0, 0.05) is 6.08 Å². The van der Waals surface area contributed by atoms with Gasteiger partial charge >= 0.3 is 5.97 Å². The van der Waals surface area contributed by atoms with Crippen LogP contribution in [0.3, 0.4) is 0 Å². The fraction of sp³-hybridized carbons (Fsp3) is 0.889. The maximum Gasteiger partial charge on any atom is 0.328 e. The smallest absolute Gasteiger partial charge is 0.328 e. The second-order valence-corrected chi connectivity index (χ2v) is 9.12. The first kappa shape index (κ1) is 29.2. The fourth-order valence-electron chi connectivity index (χ4n) is 4.08. The lowest BCUT2D eigenvalue weighted by molar-refractivity contribution is -0.131. The summed E-state index contributed by atoms with van der Waals surface area (Å²) >= 11 is 0. The molecule has 0 heterocycles. The van der Waals surface area contributed by atoms with Gasteiger partial charge in [-0.15, -0.1) is 0 Å². The summed E-state index contributed by atoms with van der Waals surface area (Å²) in [6.45, 7) is 2.28. The van der Waals surface area contributed by atoms with Gasteiger partial charge in [-0.05, 0) is 12.5 Å². The second-order valence-electron chi connectivity index (χ2n) is 9.12. The van der Waals surface area contributed by atoms with Crippen LogP contribution in [0, 0.1) is 0 Å². The molecule has 0 radical (unpaired) electrons. The fourth-order valence-corrected chi connectivity index (χ4v) is 4.08. The number of hydrogen-bond donors (Lipinski definition) is 2. The number of hydrogen-bond acceptors (Lipinski definition) is 2. The van der Waals surface area contributed by atoms with Gasteiger partial charge < -0.3 is 10.2 Å². The van der Waals surface area contributed by atoms with Crippen LogP contribution in [0.5, 0.6) is 0 Å². The van der Waals surface area contributed by atoms with Crippen LogP contribution in [0.4, 0.5) is 0 Å². The Balaban J connectivity index is 3.10. The SMILES string of the molecule is CCCCCCCCCCCCCCCCCCCCCCCC(O)C=CC(=O)O. The molecule has 0 aromatic heterocycles. The molecule has 3 nitrogen and oxygen atoms in total. The van der Waals surface area contributed by atoms with Crippen molar-refractivity contribution in [2.45, 2.75) is 154 Å². The third-order valence-corrected chi connectivity index (χ3v) is 6.06. The molecule has 0 amide bonds. The molecule has 0 spiro atoms. The molecule has 3 heteroatoms. The minimum Gasteiger partial charge on any atom is -0.478 e. The van der Waals surface area contributed by atoms with Crippen LogP contribution in [0.1, 0.15) is 148 Å². The molecule has 0 aliphatic heterocycles. The summed E-state index contributed by atoms with van der Waals surface area (Å²) in [7, 11) is 0. The van der Waals surface area contributed by atoms with E-state index in [9.17, 15) is 9.90 Å². The maximum absolute atomic E-state index is 10.4. The molecular formula is C27H52O3. The summed E-state index contributed by atoms with van der Waals surface area (Å²) < 4.78 is 0. The predicted molar refractivity (Wildman–Crippen MR) is 130 cm³/mol. The number of carboxylic acid groups (broad SMARTS) is 1. The largest absolute Gasteiger partial charge is 0.478 e. The molecular weight excluding hydrogens is 372 g/mol.